The van der Waals surface area contributed by atoms with Crippen LogP contribution in [0.3, 0.4) is 0 Å². The van der Waals surface area contributed by atoms with Crippen LogP contribution in [0.1, 0.15) is 28.6 Å². The number of alkyl halides is 1. The number of aryl methyl sites for hydroxylation is 1. The monoisotopic (exact) mass is 275 g/mol. The highest BCUT2D eigenvalue weighted by Crippen LogP contribution is 2.17. The molecule has 1 atom stereocenters. The summed E-state index contributed by atoms with van der Waals surface area (Å²) < 4.78 is 4.93. The Kier molecular flexibility index (Phi) is 6.55. The van der Waals surface area contributed by atoms with E-state index in [0.29, 0.717) is 19.6 Å². The molecule has 0 radical (unpaired) electrons. The standard InChI is InChI=1S/C12H18ClNO2S/c1-3-9-5-7-17-11(9)12(15)14-6-4-10(13)8-16-2/h5,7,10H,3-4,6,8H2,1-2H3,(H,14,15). The Morgan fingerprint density at radius 1 is 1.65 bits per heavy atom. The van der Waals surface area contributed by atoms with Gasteiger partial charge < -0.3 is 10.1 Å². The molecule has 1 unspecified atom stereocenters. The van der Waals surface area contributed by atoms with E-state index in [1.807, 2.05) is 18.4 Å². The molecule has 0 aliphatic rings. The highest BCUT2D eigenvalue weighted by molar-refractivity contribution is 7.12. The molecule has 0 aromatic carbocycles. The van der Waals surface area contributed by atoms with Crippen LogP contribution < -0.4 is 5.32 Å². The first-order valence-corrected chi connectivity index (χ1v) is 6.98. The predicted molar refractivity (Wildman–Crippen MR) is 72.2 cm³/mol. The van der Waals surface area contributed by atoms with Gasteiger partial charge in [0.1, 0.15) is 0 Å². The maximum atomic E-state index is 11.8. The van der Waals surface area contributed by atoms with Gasteiger partial charge >= 0.3 is 0 Å². The third-order valence-electron chi connectivity index (χ3n) is 2.42. The quantitative estimate of drug-likeness (QED) is 0.777. The Labute approximate surface area is 111 Å². The zero-order valence-electron chi connectivity index (χ0n) is 10.2. The van der Waals surface area contributed by atoms with E-state index in [-0.39, 0.29) is 11.3 Å². The molecule has 1 N–H and O–H groups in total. The van der Waals surface area contributed by atoms with Gasteiger partial charge in [-0.2, -0.15) is 0 Å². The fraction of sp³-hybridized carbons (Fsp3) is 0.583. The van der Waals surface area contributed by atoms with Gasteiger partial charge in [-0.25, -0.2) is 0 Å². The number of hydrogen-bond donors (Lipinski definition) is 1. The molecule has 0 aliphatic carbocycles. The van der Waals surface area contributed by atoms with Crippen molar-refractivity contribution < 1.29 is 9.53 Å². The second kappa shape index (κ2) is 7.69. The smallest absolute Gasteiger partial charge is 0.261 e. The summed E-state index contributed by atoms with van der Waals surface area (Å²) in [5, 5.41) is 4.78. The highest BCUT2D eigenvalue weighted by atomic mass is 35.5. The number of thiophene rings is 1. The number of ether oxygens (including phenoxy) is 1. The van der Waals surface area contributed by atoms with E-state index < -0.39 is 0 Å². The Hall–Kier alpha value is -0.580. The van der Waals surface area contributed by atoms with E-state index >= 15 is 0 Å². The first-order valence-electron chi connectivity index (χ1n) is 5.66. The summed E-state index contributed by atoms with van der Waals surface area (Å²) in [5.74, 6) is -0.00173. The molecule has 0 saturated heterocycles. The molecule has 0 bridgehead atoms. The minimum Gasteiger partial charge on any atom is -0.383 e. The Morgan fingerprint density at radius 2 is 2.41 bits per heavy atom. The number of nitrogens with one attached hydrogen (secondary N) is 1. The maximum Gasteiger partial charge on any atom is 0.261 e. The average molecular weight is 276 g/mol. The van der Waals surface area contributed by atoms with E-state index in [2.05, 4.69) is 5.32 Å². The maximum absolute atomic E-state index is 11.8. The highest BCUT2D eigenvalue weighted by Gasteiger charge is 2.12. The number of rotatable bonds is 7. The van der Waals surface area contributed by atoms with Gasteiger partial charge in [-0.1, -0.05) is 6.92 Å². The van der Waals surface area contributed by atoms with Crippen LogP contribution in [-0.2, 0) is 11.2 Å². The van der Waals surface area contributed by atoms with Gasteiger partial charge in [-0.3, -0.25) is 4.79 Å². The van der Waals surface area contributed by atoms with Crippen molar-refractivity contribution in [3.63, 3.8) is 0 Å². The van der Waals surface area contributed by atoms with Crippen LogP contribution in [0.15, 0.2) is 11.4 Å². The average Bonchev–Trinajstić information content (AvgIpc) is 2.77. The van der Waals surface area contributed by atoms with E-state index in [9.17, 15) is 4.79 Å². The van der Waals surface area contributed by atoms with E-state index in [0.717, 1.165) is 16.9 Å². The molecule has 1 aromatic rings. The Morgan fingerprint density at radius 3 is 3.06 bits per heavy atom. The molecule has 96 valence electrons. The van der Waals surface area contributed by atoms with Gasteiger partial charge in [0.15, 0.2) is 0 Å². The number of carbonyl (C=O) groups excluding carboxylic acids is 1. The van der Waals surface area contributed by atoms with Crippen LogP contribution in [0.25, 0.3) is 0 Å². The van der Waals surface area contributed by atoms with Crippen LogP contribution in [0.4, 0.5) is 0 Å². The van der Waals surface area contributed by atoms with Crippen molar-refractivity contribution in [3.05, 3.63) is 21.9 Å². The molecule has 3 nitrogen and oxygen atoms in total. The molecule has 1 rings (SSSR count). The van der Waals surface area contributed by atoms with Crippen molar-refractivity contribution >= 4 is 28.8 Å². The molecule has 1 amide bonds. The van der Waals surface area contributed by atoms with Gasteiger partial charge in [0.25, 0.3) is 5.91 Å². The van der Waals surface area contributed by atoms with Gasteiger partial charge in [0.2, 0.25) is 0 Å². The zero-order chi connectivity index (χ0) is 12.7. The lowest BCUT2D eigenvalue weighted by Crippen LogP contribution is -2.27. The van der Waals surface area contributed by atoms with Gasteiger partial charge in [-0.15, -0.1) is 22.9 Å². The molecule has 1 heterocycles. The van der Waals surface area contributed by atoms with E-state index in [1.165, 1.54) is 11.3 Å². The van der Waals surface area contributed by atoms with Crippen LogP contribution in [0.2, 0.25) is 0 Å². The molecule has 1 aromatic heterocycles. The normalized spacial score (nSPS) is 12.4. The molecule has 0 saturated carbocycles. The summed E-state index contributed by atoms with van der Waals surface area (Å²) in [7, 11) is 1.62. The lowest BCUT2D eigenvalue weighted by atomic mass is 10.2. The van der Waals surface area contributed by atoms with Gasteiger partial charge in [0, 0.05) is 13.7 Å². The molecule has 0 fully saturated rings. The van der Waals surface area contributed by atoms with Crippen molar-refractivity contribution in [2.75, 3.05) is 20.3 Å². The molecule has 17 heavy (non-hydrogen) atoms. The van der Waals surface area contributed by atoms with Crippen LogP contribution in [0, 0.1) is 0 Å². The largest absolute Gasteiger partial charge is 0.383 e. The SMILES string of the molecule is CCc1ccsc1C(=O)NCCC(Cl)COC. The van der Waals surface area contributed by atoms with E-state index in [1.54, 1.807) is 7.11 Å². The molecule has 0 aliphatic heterocycles. The first-order chi connectivity index (χ1) is 8.19. The fourth-order valence-corrected chi connectivity index (χ4v) is 2.65. The third kappa shape index (κ3) is 4.66. The van der Waals surface area contributed by atoms with E-state index in [4.69, 9.17) is 16.3 Å². The van der Waals surface area contributed by atoms with Crippen LogP contribution in [-0.4, -0.2) is 31.5 Å². The van der Waals surface area contributed by atoms with Crippen molar-refractivity contribution in [3.8, 4) is 0 Å². The second-order valence-corrected chi connectivity index (χ2v) is 5.26. The zero-order valence-corrected chi connectivity index (χ0v) is 11.7. The minimum atomic E-state index is -0.0470. The number of halogens is 1. The van der Waals surface area contributed by atoms with Crippen LogP contribution >= 0.6 is 22.9 Å². The number of amides is 1. The van der Waals surface area contributed by atoms with Gasteiger partial charge in [0.05, 0.1) is 16.9 Å². The molecule has 5 heteroatoms. The molecular formula is C12H18ClNO2S. The lowest BCUT2D eigenvalue weighted by Gasteiger charge is -2.09. The summed E-state index contributed by atoms with van der Waals surface area (Å²) >= 11 is 7.46. The topological polar surface area (TPSA) is 38.3 Å². The van der Waals surface area contributed by atoms with Crippen molar-refractivity contribution in [1.82, 2.24) is 5.32 Å². The summed E-state index contributed by atoms with van der Waals surface area (Å²) in [6, 6.07) is 1.99. The fourth-order valence-electron chi connectivity index (χ4n) is 1.50. The first kappa shape index (κ1) is 14.5. The van der Waals surface area contributed by atoms with Crippen molar-refractivity contribution in [2.24, 2.45) is 0 Å². The molecule has 0 spiro atoms. The van der Waals surface area contributed by atoms with Crippen molar-refractivity contribution in [1.29, 1.82) is 0 Å². The second-order valence-electron chi connectivity index (χ2n) is 3.73. The molecular weight excluding hydrogens is 258 g/mol. The summed E-state index contributed by atoms with van der Waals surface area (Å²) in [6.45, 7) is 3.14. The Balaban J connectivity index is 2.35. The summed E-state index contributed by atoms with van der Waals surface area (Å²) in [5.41, 5.74) is 1.10. The number of methoxy groups -OCH3 is 1. The number of hydrogen-bond acceptors (Lipinski definition) is 3. The van der Waals surface area contributed by atoms with Gasteiger partial charge in [-0.05, 0) is 29.9 Å². The lowest BCUT2D eigenvalue weighted by molar-refractivity contribution is 0.0955. The summed E-state index contributed by atoms with van der Waals surface area (Å²) in [6.07, 6.45) is 1.60. The minimum absolute atomic E-state index is 0.00173. The third-order valence-corrected chi connectivity index (χ3v) is 3.72. The van der Waals surface area contributed by atoms with Crippen LogP contribution in [0.5, 0.6) is 0 Å². The summed E-state index contributed by atoms with van der Waals surface area (Å²) in [4.78, 5) is 12.7. The predicted octanol–water partition coefficient (Wildman–Crippen LogP) is 2.68. The Bertz CT molecular complexity index is 354. The number of carbonyl (C=O) groups is 1. The van der Waals surface area contributed by atoms with Crippen molar-refractivity contribution in [2.45, 2.75) is 25.1 Å².